The number of sulfone groups is 1. The monoisotopic (exact) mass is 202 g/mol. The Balaban J connectivity index is 3.23. The van der Waals surface area contributed by atoms with E-state index >= 15 is 0 Å². The maximum atomic E-state index is 11.5. The van der Waals surface area contributed by atoms with E-state index in [0.717, 1.165) is 0 Å². The fraction of sp³-hybridized carbons (Fsp3) is 0.625. The molecular formula is C8H14N2O2S. The van der Waals surface area contributed by atoms with Gasteiger partial charge >= 0.3 is 0 Å². The highest BCUT2D eigenvalue weighted by molar-refractivity contribution is 7.91. The molecular weight excluding hydrogens is 188 g/mol. The van der Waals surface area contributed by atoms with E-state index in [1.807, 2.05) is 13.8 Å². The fourth-order valence-corrected chi connectivity index (χ4v) is 2.13. The third kappa shape index (κ3) is 1.91. The minimum Gasteiger partial charge on any atom is -0.319 e. The molecule has 0 N–H and O–H groups in total. The summed E-state index contributed by atoms with van der Waals surface area (Å²) in [7, 11) is -3.18. The highest BCUT2D eigenvalue weighted by Gasteiger charge is 2.18. The highest BCUT2D eigenvalue weighted by atomic mass is 32.2. The summed E-state index contributed by atoms with van der Waals surface area (Å²) in [5, 5.41) is 0.171. The van der Waals surface area contributed by atoms with Crippen molar-refractivity contribution in [3.63, 3.8) is 0 Å². The molecule has 13 heavy (non-hydrogen) atoms. The van der Waals surface area contributed by atoms with Gasteiger partial charge in [-0.05, 0) is 13.8 Å². The smallest absolute Gasteiger partial charge is 0.227 e. The molecule has 0 saturated carbocycles. The van der Waals surface area contributed by atoms with Crippen LogP contribution in [0.1, 0.15) is 26.8 Å². The van der Waals surface area contributed by atoms with Gasteiger partial charge in [-0.25, -0.2) is 13.4 Å². The van der Waals surface area contributed by atoms with Crippen LogP contribution in [0.3, 0.4) is 0 Å². The lowest BCUT2D eigenvalue weighted by Gasteiger charge is -2.10. The van der Waals surface area contributed by atoms with Gasteiger partial charge in [-0.3, -0.25) is 0 Å². The Bertz CT molecular complexity index is 379. The Labute approximate surface area is 78.5 Å². The molecule has 0 bridgehead atoms. The van der Waals surface area contributed by atoms with E-state index in [2.05, 4.69) is 4.98 Å². The molecule has 1 heterocycles. The van der Waals surface area contributed by atoms with E-state index in [1.54, 1.807) is 17.7 Å². The lowest BCUT2D eigenvalue weighted by Crippen LogP contribution is -2.13. The van der Waals surface area contributed by atoms with Crippen molar-refractivity contribution in [3.8, 4) is 0 Å². The maximum absolute atomic E-state index is 11.5. The molecule has 0 fully saturated rings. The molecule has 0 saturated heterocycles. The minimum absolute atomic E-state index is 0.0940. The highest BCUT2D eigenvalue weighted by Crippen LogP contribution is 2.13. The molecule has 5 heteroatoms. The van der Waals surface area contributed by atoms with Crippen LogP contribution >= 0.6 is 0 Å². The topological polar surface area (TPSA) is 52.0 Å². The molecule has 1 aromatic rings. The third-order valence-corrected chi connectivity index (χ3v) is 3.48. The molecule has 0 radical (unpaired) electrons. The van der Waals surface area contributed by atoms with Crippen molar-refractivity contribution in [3.05, 3.63) is 12.4 Å². The molecule has 0 aliphatic carbocycles. The Hall–Kier alpha value is -0.840. The van der Waals surface area contributed by atoms with E-state index in [-0.39, 0.29) is 17.0 Å². The summed E-state index contributed by atoms with van der Waals surface area (Å²) in [6.45, 7) is 5.47. The van der Waals surface area contributed by atoms with Gasteiger partial charge in [0.2, 0.25) is 15.0 Å². The number of nitrogens with zero attached hydrogens (tertiary/aromatic N) is 2. The zero-order valence-electron chi connectivity index (χ0n) is 8.06. The van der Waals surface area contributed by atoms with Crippen LogP contribution in [-0.4, -0.2) is 23.7 Å². The Morgan fingerprint density at radius 3 is 2.62 bits per heavy atom. The first-order valence-electron chi connectivity index (χ1n) is 4.24. The number of aromatic nitrogens is 2. The largest absolute Gasteiger partial charge is 0.319 e. The van der Waals surface area contributed by atoms with Crippen LogP contribution in [0, 0.1) is 0 Å². The molecule has 0 unspecified atom stereocenters. The second kappa shape index (κ2) is 3.49. The van der Waals surface area contributed by atoms with Gasteiger partial charge in [-0.2, -0.15) is 0 Å². The van der Waals surface area contributed by atoms with Gasteiger partial charge in [0.1, 0.15) is 0 Å². The van der Waals surface area contributed by atoms with Crippen molar-refractivity contribution >= 4 is 9.84 Å². The summed E-state index contributed by atoms with van der Waals surface area (Å²) >= 11 is 0. The van der Waals surface area contributed by atoms with Gasteiger partial charge in [-0.1, -0.05) is 6.92 Å². The maximum Gasteiger partial charge on any atom is 0.227 e. The molecule has 74 valence electrons. The van der Waals surface area contributed by atoms with Crippen molar-refractivity contribution in [2.24, 2.45) is 0 Å². The van der Waals surface area contributed by atoms with Crippen molar-refractivity contribution in [1.29, 1.82) is 0 Å². The van der Waals surface area contributed by atoms with E-state index in [4.69, 9.17) is 0 Å². The molecule has 0 amide bonds. The van der Waals surface area contributed by atoms with Crippen LogP contribution in [0.5, 0.6) is 0 Å². The van der Waals surface area contributed by atoms with Gasteiger partial charge < -0.3 is 4.57 Å². The number of imidazole rings is 1. The number of rotatable bonds is 3. The molecule has 0 aliphatic rings. The predicted molar refractivity (Wildman–Crippen MR) is 50.3 cm³/mol. The van der Waals surface area contributed by atoms with Crippen LogP contribution in [0.2, 0.25) is 0 Å². The molecule has 0 aliphatic heterocycles. The van der Waals surface area contributed by atoms with E-state index in [0.29, 0.717) is 0 Å². The second-order valence-electron chi connectivity index (χ2n) is 3.11. The van der Waals surface area contributed by atoms with Crippen molar-refractivity contribution in [2.75, 3.05) is 5.75 Å². The van der Waals surface area contributed by atoms with Gasteiger partial charge in [0.15, 0.2) is 0 Å². The van der Waals surface area contributed by atoms with Crippen molar-refractivity contribution < 1.29 is 8.42 Å². The normalized spacial score (nSPS) is 12.3. The van der Waals surface area contributed by atoms with Crippen molar-refractivity contribution in [1.82, 2.24) is 9.55 Å². The fourth-order valence-electron chi connectivity index (χ4n) is 1.06. The quantitative estimate of drug-likeness (QED) is 0.741. The first-order chi connectivity index (χ1) is 5.99. The summed E-state index contributed by atoms with van der Waals surface area (Å²) in [6, 6.07) is 0.124. The summed E-state index contributed by atoms with van der Waals surface area (Å²) in [5.74, 6) is 0.0940. The second-order valence-corrected chi connectivity index (χ2v) is 5.29. The van der Waals surface area contributed by atoms with Crippen LogP contribution in [0.4, 0.5) is 0 Å². The predicted octanol–water partition coefficient (Wildman–Crippen LogP) is 1.26. The van der Waals surface area contributed by atoms with E-state index < -0.39 is 9.84 Å². The number of hydrogen-bond donors (Lipinski definition) is 0. The average Bonchev–Trinajstić information content (AvgIpc) is 2.52. The first kappa shape index (κ1) is 10.2. The molecule has 0 aromatic carbocycles. The number of hydrogen-bond acceptors (Lipinski definition) is 3. The van der Waals surface area contributed by atoms with E-state index in [1.165, 1.54) is 6.20 Å². The summed E-state index contributed by atoms with van der Waals surface area (Å²) in [4.78, 5) is 3.85. The molecule has 0 spiro atoms. The van der Waals surface area contributed by atoms with Gasteiger partial charge in [0.05, 0.1) is 5.75 Å². The Morgan fingerprint density at radius 2 is 2.15 bits per heavy atom. The zero-order valence-corrected chi connectivity index (χ0v) is 8.87. The molecule has 4 nitrogen and oxygen atoms in total. The minimum atomic E-state index is -3.18. The van der Waals surface area contributed by atoms with Gasteiger partial charge in [-0.15, -0.1) is 0 Å². The van der Waals surface area contributed by atoms with Crippen LogP contribution in [0.25, 0.3) is 0 Å². The molecule has 1 rings (SSSR count). The van der Waals surface area contributed by atoms with Gasteiger partial charge in [0.25, 0.3) is 0 Å². The summed E-state index contributed by atoms with van der Waals surface area (Å²) < 4.78 is 24.7. The van der Waals surface area contributed by atoms with Crippen molar-refractivity contribution in [2.45, 2.75) is 32.0 Å². The first-order valence-corrected chi connectivity index (χ1v) is 5.90. The van der Waals surface area contributed by atoms with Crippen LogP contribution in [-0.2, 0) is 9.84 Å². The zero-order chi connectivity index (χ0) is 10.1. The Kier molecular flexibility index (Phi) is 2.75. The van der Waals surface area contributed by atoms with E-state index in [9.17, 15) is 8.42 Å². The van der Waals surface area contributed by atoms with Crippen LogP contribution < -0.4 is 0 Å². The summed E-state index contributed by atoms with van der Waals surface area (Å²) in [5.41, 5.74) is 0. The van der Waals surface area contributed by atoms with Gasteiger partial charge in [0, 0.05) is 18.4 Å². The summed E-state index contributed by atoms with van der Waals surface area (Å²) in [6.07, 6.45) is 3.20. The Morgan fingerprint density at radius 1 is 1.54 bits per heavy atom. The SMILES string of the molecule is CCS(=O)(=O)c1nccn1C(C)C. The lowest BCUT2D eigenvalue weighted by atomic mass is 10.4. The standard InChI is InChI=1S/C8H14N2O2S/c1-4-13(11,12)8-9-5-6-10(8)7(2)3/h5-7H,4H2,1-3H3. The average molecular weight is 202 g/mol. The lowest BCUT2D eigenvalue weighted by molar-refractivity contribution is 0.521. The molecule has 0 atom stereocenters. The third-order valence-electron chi connectivity index (χ3n) is 1.85. The molecule has 1 aromatic heterocycles. The van der Waals surface area contributed by atoms with Crippen LogP contribution in [0.15, 0.2) is 17.6 Å².